The van der Waals surface area contributed by atoms with Crippen LogP contribution < -0.4 is 4.90 Å². The Bertz CT molecular complexity index is 1360. The number of carbonyl (C=O) groups is 2. The van der Waals surface area contributed by atoms with Crippen molar-refractivity contribution >= 4 is 54.3 Å². The fourth-order valence-corrected chi connectivity index (χ4v) is 5.01. The van der Waals surface area contributed by atoms with Crippen LogP contribution in [0.4, 0.5) is 5.13 Å². The van der Waals surface area contributed by atoms with E-state index in [2.05, 4.69) is 20.9 Å². The SMILES string of the molecule is Cc1ccc2nc(N3C(=O)C(O)=C(C(=O)c4ccco4)[C@H]3c3ccc(Br)cc3)sc2c1. The summed E-state index contributed by atoms with van der Waals surface area (Å²) in [6.45, 7) is 1.98. The van der Waals surface area contributed by atoms with Crippen LogP contribution in [0.1, 0.15) is 27.7 Å². The van der Waals surface area contributed by atoms with Crippen molar-refractivity contribution in [3.63, 3.8) is 0 Å². The third-order valence-corrected chi connectivity index (χ3v) is 6.67. The van der Waals surface area contributed by atoms with Crippen molar-refractivity contribution in [2.24, 2.45) is 0 Å². The lowest BCUT2D eigenvalue weighted by atomic mass is 9.95. The summed E-state index contributed by atoms with van der Waals surface area (Å²) in [4.78, 5) is 32.4. The van der Waals surface area contributed by atoms with Gasteiger partial charge >= 0.3 is 0 Å². The Morgan fingerprint density at radius 3 is 2.68 bits per heavy atom. The number of fused-ring (bicyclic) bond motifs is 1. The Balaban J connectivity index is 1.68. The molecule has 0 saturated carbocycles. The zero-order valence-corrected chi connectivity index (χ0v) is 18.6. The number of aromatic nitrogens is 1. The number of aliphatic hydroxyl groups excluding tert-OH is 1. The molecule has 3 heterocycles. The quantitative estimate of drug-likeness (QED) is 0.365. The second-order valence-electron chi connectivity index (χ2n) is 7.17. The number of hydrogen-bond acceptors (Lipinski definition) is 6. The Hall–Kier alpha value is -3.23. The standard InChI is InChI=1S/C23H15BrN2O4S/c1-12-4-9-15-17(11-12)31-23(25-15)26-19(13-5-7-14(24)8-6-13)18(21(28)22(26)29)20(27)16-3-2-10-30-16/h2-11,19,28H,1H3/t19-/m1/s1. The zero-order chi connectivity index (χ0) is 21.7. The van der Waals surface area contributed by atoms with Crippen LogP contribution in [0.15, 0.2) is 81.1 Å². The molecule has 31 heavy (non-hydrogen) atoms. The highest BCUT2D eigenvalue weighted by Crippen LogP contribution is 2.44. The topological polar surface area (TPSA) is 83.6 Å². The van der Waals surface area contributed by atoms with Crippen molar-refractivity contribution in [2.75, 3.05) is 4.90 Å². The largest absolute Gasteiger partial charge is 0.503 e. The average Bonchev–Trinajstić information content (AvgIpc) is 3.47. The lowest BCUT2D eigenvalue weighted by Crippen LogP contribution is -2.30. The van der Waals surface area contributed by atoms with Crippen LogP contribution in [0.25, 0.3) is 10.2 Å². The smallest absolute Gasteiger partial charge is 0.296 e. The summed E-state index contributed by atoms with van der Waals surface area (Å²) in [6, 6.07) is 15.4. The first-order valence-corrected chi connectivity index (χ1v) is 11.0. The van der Waals surface area contributed by atoms with E-state index in [0.29, 0.717) is 10.7 Å². The third kappa shape index (κ3) is 3.28. The van der Waals surface area contributed by atoms with Crippen molar-refractivity contribution in [1.82, 2.24) is 4.98 Å². The van der Waals surface area contributed by atoms with Gasteiger partial charge in [-0.15, -0.1) is 0 Å². The number of halogens is 1. The molecular weight excluding hydrogens is 480 g/mol. The first-order chi connectivity index (χ1) is 14.9. The van der Waals surface area contributed by atoms with Gasteiger partial charge in [-0.2, -0.15) is 0 Å². The number of nitrogens with zero attached hydrogens (tertiary/aromatic N) is 2. The van der Waals surface area contributed by atoms with E-state index in [1.165, 1.54) is 28.6 Å². The second-order valence-corrected chi connectivity index (χ2v) is 9.09. The Labute approximate surface area is 189 Å². The predicted octanol–water partition coefficient (Wildman–Crippen LogP) is 5.74. The molecule has 1 atom stereocenters. The monoisotopic (exact) mass is 494 g/mol. The first kappa shape index (κ1) is 19.7. The van der Waals surface area contributed by atoms with Gasteiger partial charge in [-0.05, 0) is 54.4 Å². The summed E-state index contributed by atoms with van der Waals surface area (Å²) in [5, 5.41) is 11.2. The highest BCUT2D eigenvalue weighted by atomic mass is 79.9. The van der Waals surface area contributed by atoms with Crippen LogP contribution in [0, 0.1) is 6.92 Å². The highest BCUT2D eigenvalue weighted by Gasteiger charge is 2.46. The number of ketones is 1. The molecule has 2 aromatic carbocycles. The number of thiazole rings is 1. The molecule has 154 valence electrons. The minimum absolute atomic E-state index is 0.0299. The molecule has 0 bridgehead atoms. The van der Waals surface area contributed by atoms with E-state index >= 15 is 0 Å². The van der Waals surface area contributed by atoms with Crippen molar-refractivity contribution in [3.8, 4) is 0 Å². The molecule has 8 heteroatoms. The van der Waals surface area contributed by atoms with E-state index in [-0.39, 0.29) is 11.3 Å². The molecule has 0 saturated heterocycles. The first-order valence-electron chi connectivity index (χ1n) is 9.41. The Kier molecular flexibility index (Phi) is 4.75. The van der Waals surface area contributed by atoms with Crippen LogP contribution in [0.5, 0.6) is 0 Å². The van der Waals surface area contributed by atoms with E-state index in [1.807, 2.05) is 37.3 Å². The molecule has 4 aromatic rings. The molecule has 1 aliphatic heterocycles. The highest BCUT2D eigenvalue weighted by molar-refractivity contribution is 9.10. The van der Waals surface area contributed by atoms with E-state index in [9.17, 15) is 14.7 Å². The molecule has 0 aliphatic carbocycles. The fourth-order valence-electron chi connectivity index (χ4n) is 3.66. The molecular formula is C23H15BrN2O4S. The van der Waals surface area contributed by atoms with Crippen molar-refractivity contribution in [1.29, 1.82) is 0 Å². The minimum Gasteiger partial charge on any atom is -0.503 e. The maximum Gasteiger partial charge on any atom is 0.296 e. The van der Waals surface area contributed by atoms with Gasteiger partial charge in [0.2, 0.25) is 5.78 Å². The average molecular weight is 495 g/mol. The lowest BCUT2D eigenvalue weighted by Gasteiger charge is -2.24. The number of anilines is 1. The molecule has 1 aliphatic rings. The van der Waals surface area contributed by atoms with Gasteiger partial charge in [-0.25, -0.2) is 4.98 Å². The summed E-state index contributed by atoms with van der Waals surface area (Å²) in [5.74, 6) is -1.75. The molecule has 0 radical (unpaired) electrons. The van der Waals surface area contributed by atoms with Gasteiger partial charge in [-0.3, -0.25) is 14.5 Å². The number of benzene rings is 2. The molecule has 1 amide bonds. The summed E-state index contributed by atoms with van der Waals surface area (Å²) >= 11 is 4.75. The maximum atomic E-state index is 13.2. The Morgan fingerprint density at radius 2 is 1.97 bits per heavy atom. The van der Waals surface area contributed by atoms with Crippen LogP contribution in [-0.2, 0) is 4.79 Å². The van der Waals surface area contributed by atoms with Crippen molar-refractivity contribution in [3.05, 3.63) is 93.6 Å². The molecule has 0 unspecified atom stereocenters. The van der Waals surface area contributed by atoms with Crippen LogP contribution in [0.2, 0.25) is 0 Å². The number of Topliss-reactive ketones (excluding diaryl/α,β-unsaturated/α-hetero) is 1. The maximum absolute atomic E-state index is 13.2. The summed E-state index contributed by atoms with van der Waals surface area (Å²) in [5.41, 5.74) is 2.47. The predicted molar refractivity (Wildman–Crippen MR) is 121 cm³/mol. The molecule has 2 aromatic heterocycles. The molecule has 5 rings (SSSR count). The Morgan fingerprint density at radius 1 is 1.19 bits per heavy atom. The summed E-state index contributed by atoms with van der Waals surface area (Å²) < 4.78 is 7.03. The number of hydrogen-bond donors (Lipinski definition) is 1. The van der Waals surface area contributed by atoms with E-state index in [0.717, 1.165) is 20.3 Å². The molecule has 1 N–H and O–H groups in total. The minimum atomic E-state index is -0.833. The number of carbonyl (C=O) groups excluding carboxylic acids is 2. The third-order valence-electron chi connectivity index (χ3n) is 5.12. The van der Waals surface area contributed by atoms with E-state index in [4.69, 9.17) is 4.42 Å². The number of amides is 1. The fraction of sp³-hybridized carbons (Fsp3) is 0.0870. The lowest BCUT2D eigenvalue weighted by molar-refractivity contribution is -0.117. The number of aryl methyl sites for hydroxylation is 1. The second kappa shape index (κ2) is 7.47. The van der Waals surface area contributed by atoms with Gasteiger partial charge in [0.05, 0.1) is 28.1 Å². The summed E-state index contributed by atoms with van der Waals surface area (Å²) in [7, 11) is 0. The number of aliphatic hydroxyl groups is 1. The summed E-state index contributed by atoms with van der Waals surface area (Å²) in [6.07, 6.45) is 1.38. The van der Waals surface area contributed by atoms with Gasteiger partial charge in [-0.1, -0.05) is 45.5 Å². The molecule has 0 fully saturated rings. The number of rotatable bonds is 4. The van der Waals surface area contributed by atoms with Crippen LogP contribution in [0.3, 0.4) is 0 Å². The van der Waals surface area contributed by atoms with Crippen LogP contribution in [-0.4, -0.2) is 21.8 Å². The zero-order valence-electron chi connectivity index (χ0n) is 16.2. The van der Waals surface area contributed by atoms with E-state index < -0.39 is 23.5 Å². The van der Waals surface area contributed by atoms with E-state index in [1.54, 1.807) is 18.2 Å². The molecule has 0 spiro atoms. The van der Waals surface area contributed by atoms with Gasteiger partial charge < -0.3 is 9.52 Å². The number of furan rings is 1. The normalized spacial score (nSPS) is 16.5. The van der Waals surface area contributed by atoms with Crippen molar-refractivity contribution in [2.45, 2.75) is 13.0 Å². The molecule has 6 nitrogen and oxygen atoms in total. The van der Waals surface area contributed by atoms with Crippen LogP contribution >= 0.6 is 27.3 Å². The van der Waals surface area contributed by atoms with Gasteiger partial charge in [0.1, 0.15) is 0 Å². The van der Waals surface area contributed by atoms with Gasteiger partial charge in [0.25, 0.3) is 5.91 Å². The van der Waals surface area contributed by atoms with Gasteiger partial charge in [0.15, 0.2) is 16.7 Å². The van der Waals surface area contributed by atoms with Gasteiger partial charge in [0, 0.05) is 4.47 Å². The van der Waals surface area contributed by atoms with Crippen molar-refractivity contribution < 1.29 is 19.1 Å².